The van der Waals surface area contributed by atoms with Gasteiger partial charge in [-0.2, -0.15) is 0 Å². The van der Waals surface area contributed by atoms with Crippen LogP contribution in [0.25, 0.3) is 10.6 Å². The first-order chi connectivity index (χ1) is 12.8. The van der Waals surface area contributed by atoms with Gasteiger partial charge in [-0.05, 0) is 42.1 Å². The largest absolute Gasteiger partial charge is 0.337 e. The second-order valence-corrected chi connectivity index (χ2v) is 7.56. The maximum Gasteiger partial charge on any atom is 0.190 e. The Morgan fingerprint density at radius 3 is 2.69 bits per heavy atom. The van der Waals surface area contributed by atoms with E-state index in [0.717, 1.165) is 30.0 Å². The SMILES string of the molecule is Fc1ccc(N=c2scc(-c3cccs3)n2CCCn2ccnc2)cc1. The van der Waals surface area contributed by atoms with E-state index in [-0.39, 0.29) is 5.82 Å². The number of hydrogen-bond donors (Lipinski definition) is 0. The van der Waals surface area contributed by atoms with Crippen LogP contribution in [-0.2, 0) is 13.1 Å². The molecule has 26 heavy (non-hydrogen) atoms. The fourth-order valence-corrected chi connectivity index (χ4v) is 4.49. The third-order valence-corrected chi connectivity index (χ3v) is 5.74. The van der Waals surface area contributed by atoms with Gasteiger partial charge in [-0.3, -0.25) is 0 Å². The number of halogens is 1. The molecule has 3 aromatic heterocycles. The summed E-state index contributed by atoms with van der Waals surface area (Å²) in [5.41, 5.74) is 1.94. The van der Waals surface area contributed by atoms with Crippen LogP contribution in [0.15, 0.2) is 70.9 Å². The molecule has 0 aliphatic carbocycles. The highest BCUT2D eigenvalue weighted by Gasteiger charge is 2.09. The Bertz CT molecular complexity index is 1010. The van der Waals surface area contributed by atoms with Crippen LogP contribution in [-0.4, -0.2) is 14.1 Å². The van der Waals surface area contributed by atoms with Gasteiger partial charge in [0.05, 0.1) is 22.6 Å². The average molecular weight is 385 g/mol. The molecule has 4 rings (SSSR count). The molecule has 132 valence electrons. The van der Waals surface area contributed by atoms with Gasteiger partial charge in [-0.1, -0.05) is 6.07 Å². The maximum atomic E-state index is 13.1. The van der Waals surface area contributed by atoms with Gasteiger partial charge in [0.2, 0.25) is 0 Å². The number of imidazole rings is 1. The Morgan fingerprint density at radius 2 is 1.96 bits per heavy atom. The summed E-state index contributed by atoms with van der Waals surface area (Å²) in [4.78, 5) is 11.0. The molecule has 0 saturated carbocycles. The smallest absolute Gasteiger partial charge is 0.190 e. The van der Waals surface area contributed by atoms with Gasteiger partial charge in [-0.15, -0.1) is 22.7 Å². The summed E-state index contributed by atoms with van der Waals surface area (Å²) >= 11 is 3.33. The zero-order valence-corrected chi connectivity index (χ0v) is 15.6. The summed E-state index contributed by atoms with van der Waals surface area (Å²) in [5, 5.41) is 4.23. The highest BCUT2D eigenvalue weighted by atomic mass is 32.1. The number of aromatic nitrogens is 3. The van der Waals surface area contributed by atoms with Gasteiger partial charge in [0.15, 0.2) is 4.80 Å². The molecule has 1 aromatic carbocycles. The first-order valence-electron chi connectivity index (χ1n) is 8.28. The molecule has 0 radical (unpaired) electrons. The van der Waals surface area contributed by atoms with Crippen molar-refractivity contribution in [3.05, 3.63) is 76.5 Å². The van der Waals surface area contributed by atoms with E-state index in [2.05, 4.69) is 37.0 Å². The Morgan fingerprint density at radius 1 is 1.08 bits per heavy atom. The highest BCUT2D eigenvalue weighted by molar-refractivity contribution is 7.14. The van der Waals surface area contributed by atoms with Crippen molar-refractivity contribution in [2.45, 2.75) is 19.5 Å². The summed E-state index contributed by atoms with van der Waals surface area (Å²) in [5.74, 6) is -0.248. The molecule has 0 saturated heterocycles. The minimum absolute atomic E-state index is 0.248. The lowest BCUT2D eigenvalue weighted by Gasteiger charge is -2.08. The van der Waals surface area contributed by atoms with Crippen LogP contribution in [0.5, 0.6) is 0 Å². The second-order valence-electron chi connectivity index (χ2n) is 5.77. The number of benzene rings is 1. The molecule has 0 bridgehead atoms. The van der Waals surface area contributed by atoms with E-state index in [9.17, 15) is 4.39 Å². The molecule has 4 aromatic rings. The standard InChI is InChI=1S/C19H17FN4S2/c20-15-4-6-16(7-5-15)22-19-24(10-2-9-23-11-8-21-14-23)17(13-26-19)18-3-1-12-25-18/h1,3-8,11-14H,2,9-10H2. The third-order valence-electron chi connectivity index (χ3n) is 3.98. The summed E-state index contributed by atoms with van der Waals surface area (Å²) in [7, 11) is 0. The minimum atomic E-state index is -0.248. The average Bonchev–Trinajstić information content (AvgIpc) is 3.39. The lowest BCUT2D eigenvalue weighted by Crippen LogP contribution is -2.16. The lowest BCUT2D eigenvalue weighted by molar-refractivity contribution is 0.559. The van der Waals surface area contributed by atoms with Crippen molar-refractivity contribution in [2.75, 3.05) is 0 Å². The van der Waals surface area contributed by atoms with E-state index in [0.29, 0.717) is 0 Å². The van der Waals surface area contributed by atoms with Gasteiger partial charge in [0.25, 0.3) is 0 Å². The fraction of sp³-hybridized carbons (Fsp3) is 0.158. The Hall–Kier alpha value is -2.51. The van der Waals surface area contributed by atoms with Gasteiger partial charge in [-0.25, -0.2) is 14.4 Å². The Balaban J connectivity index is 1.65. The molecule has 0 unspecified atom stereocenters. The van der Waals surface area contributed by atoms with E-state index in [1.807, 2.05) is 12.5 Å². The maximum absolute atomic E-state index is 13.1. The molecular formula is C19H17FN4S2. The molecular weight excluding hydrogens is 367 g/mol. The molecule has 4 nitrogen and oxygen atoms in total. The number of aryl methyl sites for hydroxylation is 1. The van der Waals surface area contributed by atoms with Gasteiger partial charge >= 0.3 is 0 Å². The Labute approximate surface area is 158 Å². The first-order valence-corrected chi connectivity index (χ1v) is 10.0. The minimum Gasteiger partial charge on any atom is -0.337 e. The van der Waals surface area contributed by atoms with E-state index in [1.165, 1.54) is 22.7 Å². The molecule has 0 atom stereocenters. The number of nitrogens with zero attached hydrogens (tertiary/aromatic N) is 4. The van der Waals surface area contributed by atoms with Gasteiger partial charge < -0.3 is 9.13 Å². The van der Waals surface area contributed by atoms with E-state index < -0.39 is 0 Å². The molecule has 0 aliphatic rings. The topological polar surface area (TPSA) is 35.1 Å². The third kappa shape index (κ3) is 3.84. The van der Waals surface area contributed by atoms with Crippen LogP contribution in [0.4, 0.5) is 10.1 Å². The van der Waals surface area contributed by atoms with Crippen LogP contribution in [0.3, 0.4) is 0 Å². The van der Waals surface area contributed by atoms with Crippen LogP contribution in [0.1, 0.15) is 6.42 Å². The molecule has 7 heteroatoms. The van der Waals surface area contributed by atoms with Crippen molar-refractivity contribution in [3.63, 3.8) is 0 Å². The van der Waals surface area contributed by atoms with Crippen molar-refractivity contribution in [1.82, 2.24) is 14.1 Å². The highest BCUT2D eigenvalue weighted by Crippen LogP contribution is 2.25. The predicted molar refractivity (Wildman–Crippen MR) is 104 cm³/mol. The molecule has 0 N–H and O–H groups in total. The van der Waals surface area contributed by atoms with E-state index >= 15 is 0 Å². The molecule has 0 aliphatic heterocycles. The monoisotopic (exact) mass is 384 g/mol. The number of hydrogen-bond acceptors (Lipinski definition) is 4. The molecule has 0 fully saturated rings. The quantitative estimate of drug-likeness (QED) is 0.464. The van der Waals surface area contributed by atoms with Gasteiger partial charge in [0, 0.05) is 30.9 Å². The molecule has 0 amide bonds. The van der Waals surface area contributed by atoms with E-state index in [1.54, 1.807) is 41.0 Å². The summed E-state index contributed by atoms with van der Waals surface area (Å²) in [6, 6.07) is 10.5. The van der Waals surface area contributed by atoms with Crippen molar-refractivity contribution in [3.8, 4) is 10.6 Å². The summed E-state index contributed by atoms with van der Waals surface area (Å²) in [6.07, 6.45) is 6.58. The van der Waals surface area contributed by atoms with Crippen molar-refractivity contribution in [1.29, 1.82) is 0 Å². The number of rotatable bonds is 6. The predicted octanol–water partition coefficient (Wildman–Crippen LogP) is 4.94. The summed E-state index contributed by atoms with van der Waals surface area (Å²) in [6.45, 7) is 1.76. The van der Waals surface area contributed by atoms with E-state index in [4.69, 9.17) is 4.99 Å². The van der Waals surface area contributed by atoms with Crippen molar-refractivity contribution < 1.29 is 4.39 Å². The second kappa shape index (κ2) is 7.80. The van der Waals surface area contributed by atoms with Crippen LogP contribution in [0, 0.1) is 5.82 Å². The normalized spacial score (nSPS) is 12.0. The van der Waals surface area contributed by atoms with Crippen molar-refractivity contribution >= 4 is 28.4 Å². The summed E-state index contributed by atoms with van der Waals surface area (Å²) < 4.78 is 17.5. The van der Waals surface area contributed by atoms with Gasteiger partial charge in [0.1, 0.15) is 5.82 Å². The van der Waals surface area contributed by atoms with Crippen LogP contribution < -0.4 is 4.80 Å². The fourth-order valence-electron chi connectivity index (χ4n) is 2.71. The number of thiophene rings is 1. The molecule has 0 spiro atoms. The molecule has 3 heterocycles. The zero-order valence-electron chi connectivity index (χ0n) is 14.0. The zero-order chi connectivity index (χ0) is 17.8. The Kier molecular flexibility index (Phi) is 5.08. The van der Waals surface area contributed by atoms with Crippen molar-refractivity contribution in [2.24, 2.45) is 4.99 Å². The lowest BCUT2D eigenvalue weighted by atomic mass is 10.3. The first kappa shape index (κ1) is 16.9. The van der Waals surface area contributed by atoms with Crippen LogP contribution in [0.2, 0.25) is 0 Å². The van der Waals surface area contributed by atoms with Crippen LogP contribution >= 0.6 is 22.7 Å². The number of thiazole rings is 1.